The molecular formula is C18H28N2O. The van der Waals surface area contributed by atoms with Gasteiger partial charge in [0.2, 0.25) is 0 Å². The number of piperidine rings is 1. The van der Waals surface area contributed by atoms with E-state index in [0.717, 1.165) is 25.2 Å². The summed E-state index contributed by atoms with van der Waals surface area (Å²) in [7, 11) is 0. The highest BCUT2D eigenvalue weighted by Gasteiger charge is 2.20. The number of aromatic hydroxyl groups is 1. The zero-order valence-electron chi connectivity index (χ0n) is 13.5. The van der Waals surface area contributed by atoms with E-state index in [1.807, 2.05) is 12.1 Å². The summed E-state index contributed by atoms with van der Waals surface area (Å²) < 4.78 is 0. The highest BCUT2D eigenvalue weighted by Crippen LogP contribution is 2.20. The molecule has 1 atom stereocenters. The summed E-state index contributed by atoms with van der Waals surface area (Å²) in [6.45, 7) is 9.89. The van der Waals surface area contributed by atoms with Crippen molar-refractivity contribution in [2.45, 2.75) is 45.7 Å². The molecule has 21 heavy (non-hydrogen) atoms. The molecule has 0 spiro atoms. The molecular weight excluding hydrogens is 260 g/mol. The molecule has 1 unspecified atom stereocenters. The molecule has 3 heteroatoms. The zero-order chi connectivity index (χ0) is 15.2. The van der Waals surface area contributed by atoms with Gasteiger partial charge in [0, 0.05) is 18.6 Å². The van der Waals surface area contributed by atoms with Crippen LogP contribution < -0.4 is 5.32 Å². The van der Waals surface area contributed by atoms with Gasteiger partial charge in [-0.1, -0.05) is 23.8 Å². The number of likely N-dealkylation sites (tertiary alicyclic amines) is 1. The van der Waals surface area contributed by atoms with E-state index in [1.54, 1.807) is 6.07 Å². The van der Waals surface area contributed by atoms with Crippen LogP contribution in [0.15, 0.2) is 35.9 Å². The van der Waals surface area contributed by atoms with Gasteiger partial charge in [0.05, 0.1) is 0 Å². The second-order valence-electron chi connectivity index (χ2n) is 6.34. The maximum atomic E-state index is 9.57. The van der Waals surface area contributed by atoms with E-state index in [1.165, 1.54) is 18.4 Å². The van der Waals surface area contributed by atoms with Gasteiger partial charge in [0.1, 0.15) is 5.75 Å². The molecule has 0 bridgehead atoms. The Morgan fingerprint density at radius 3 is 2.71 bits per heavy atom. The Kier molecular flexibility index (Phi) is 5.83. The maximum absolute atomic E-state index is 9.57. The van der Waals surface area contributed by atoms with E-state index < -0.39 is 0 Å². The first kappa shape index (κ1) is 16.1. The third-order valence-electron chi connectivity index (χ3n) is 4.20. The third kappa shape index (κ3) is 5.18. The fourth-order valence-corrected chi connectivity index (χ4v) is 2.84. The molecule has 0 saturated carbocycles. The van der Waals surface area contributed by atoms with Gasteiger partial charge in [-0.05, 0) is 64.4 Å². The molecule has 0 aromatic heterocycles. The van der Waals surface area contributed by atoms with Crippen LogP contribution in [-0.2, 0) is 0 Å². The van der Waals surface area contributed by atoms with Gasteiger partial charge < -0.3 is 10.4 Å². The molecule has 1 saturated heterocycles. The summed E-state index contributed by atoms with van der Waals surface area (Å²) in [5.41, 5.74) is 2.55. The Morgan fingerprint density at radius 2 is 2.10 bits per heavy atom. The number of nitrogens with one attached hydrogen (secondary N) is 1. The van der Waals surface area contributed by atoms with E-state index in [-0.39, 0.29) is 6.04 Å². The number of benzene rings is 1. The number of phenolic OH excluding ortho intramolecular Hbond substituents is 1. The summed E-state index contributed by atoms with van der Waals surface area (Å²) in [4.78, 5) is 2.52. The molecule has 1 heterocycles. The van der Waals surface area contributed by atoms with Crippen molar-refractivity contribution in [3.8, 4) is 5.75 Å². The minimum absolute atomic E-state index is 0.284. The molecule has 1 aliphatic heterocycles. The Bertz CT molecular complexity index is 472. The van der Waals surface area contributed by atoms with Crippen molar-refractivity contribution in [3.63, 3.8) is 0 Å². The maximum Gasteiger partial charge on any atom is 0.115 e. The first-order chi connectivity index (χ1) is 10.0. The number of phenols is 1. The van der Waals surface area contributed by atoms with E-state index >= 15 is 0 Å². The third-order valence-corrected chi connectivity index (χ3v) is 4.20. The van der Waals surface area contributed by atoms with Gasteiger partial charge in [0.15, 0.2) is 0 Å². The Balaban J connectivity index is 1.79. The number of nitrogens with zero attached hydrogens (tertiary/aromatic N) is 1. The van der Waals surface area contributed by atoms with Crippen molar-refractivity contribution in [2.24, 2.45) is 0 Å². The fraction of sp³-hybridized carbons (Fsp3) is 0.556. The smallest absolute Gasteiger partial charge is 0.115 e. The lowest BCUT2D eigenvalue weighted by Crippen LogP contribution is -2.43. The van der Waals surface area contributed by atoms with Crippen LogP contribution >= 0.6 is 0 Å². The van der Waals surface area contributed by atoms with Crippen molar-refractivity contribution >= 4 is 0 Å². The van der Waals surface area contributed by atoms with Crippen LogP contribution in [0.1, 0.15) is 45.2 Å². The highest BCUT2D eigenvalue weighted by molar-refractivity contribution is 5.29. The largest absolute Gasteiger partial charge is 0.508 e. The van der Waals surface area contributed by atoms with Gasteiger partial charge in [-0.3, -0.25) is 4.90 Å². The zero-order valence-corrected chi connectivity index (χ0v) is 13.5. The quantitative estimate of drug-likeness (QED) is 0.814. The first-order valence-electron chi connectivity index (χ1n) is 7.95. The minimum atomic E-state index is 0.284. The molecule has 3 nitrogen and oxygen atoms in total. The highest BCUT2D eigenvalue weighted by atomic mass is 16.3. The van der Waals surface area contributed by atoms with Gasteiger partial charge in [-0.15, -0.1) is 0 Å². The van der Waals surface area contributed by atoms with E-state index in [2.05, 4.69) is 43.1 Å². The van der Waals surface area contributed by atoms with Crippen molar-refractivity contribution in [1.29, 1.82) is 0 Å². The monoisotopic (exact) mass is 288 g/mol. The topological polar surface area (TPSA) is 35.5 Å². The summed E-state index contributed by atoms with van der Waals surface area (Å²) in [6, 6.07) is 8.41. The van der Waals surface area contributed by atoms with E-state index in [0.29, 0.717) is 11.8 Å². The SMILES string of the molecule is CC(C)=CCN1CCC(NC(C)c2cccc(O)c2)CC1. The van der Waals surface area contributed by atoms with Crippen LogP contribution in [-0.4, -0.2) is 35.7 Å². The van der Waals surface area contributed by atoms with Gasteiger partial charge in [-0.25, -0.2) is 0 Å². The Hall–Kier alpha value is -1.32. The molecule has 0 aliphatic carbocycles. The van der Waals surface area contributed by atoms with Crippen LogP contribution in [0.25, 0.3) is 0 Å². The van der Waals surface area contributed by atoms with Crippen LogP contribution in [0.2, 0.25) is 0 Å². The lowest BCUT2D eigenvalue weighted by atomic mass is 10.0. The molecule has 1 aliphatic rings. The molecule has 0 radical (unpaired) electrons. The van der Waals surface area contributed by atoms with Gasteiger partial charge >= 0.3 is 0 Å². The van der Waals surface area contributed by atoms with Crippen molar-refractivity contribution in [1.82, 2.24) is 10.2 Å². The Labute approximate surface area is 128 Å². The average molecular weight is 288 g/mol. The van der Waals surface area contributed by atoms with Gasteiger partial charge in [-0.2, -0.15) is 0 Å². The second-order valence-corrected chi connectivity index (χ2v) is 6.34. The second kappa shape index (κ2) is 7.62. The molecule has 2 N–H and O–H groups in total. The van der Waals surface area contributed by atoms with Crippen molar-refractivity contribution < 1.29 is 5.11 Å². The summed E-state index contributed by atoms with van der Waals surface area (Å²) in [6.07, 6.45) is 4.70. The van der Waals surface area contributed by atoms with Crippen LogP contribution in [0.4, 0.5) is 0 Å². The molecule has 1 aromatic carbocycles. The van der Waals surface area contributed by atoms with E-state index in [9.17, 15) is 5.11 Å². The van der Waals surface area contributed by atoms with Crippen LogP contribution in [0, 0.1) is 0 Å². The minimum Gasteiger partial charge on any atom is -0.508 e. The van der Waals surface area contributed by atoms with Crippen molar-refractivity contribution in [2.75, 3.05) is 19.6 Å². The summed E-state index contributed by atoms with van der Waals surface area (Å²) in [5.74, 6) is 0.345. The average Bonchev–Trinajstić information content (AvgIpc) is 2.46. The standard InChI is InChI=1S/C18H28N2O/c1-14(2)7-10-20-11-8-17(9-12-20)19-15(3)16-5-4-6-18(21)13-16/h4-7,13,15,17,19,21H,8-12H2,1-3H3. The summed E-state index contributed by atoms with van der Waals surface area (Å²) in [5, 5.41) is 13.3. The number of hydrogen-bond acceptors (Lipinski definition) is 3. The molecule has 0 amide bonds. The lowest BCUT2D eigenvalue weighted by Gasteiger charge is -2.33. The fourth-order valence-electron chi connectivity index (χ4n) is 2.84. The van der Waals surface area contributed by atoms with Gasteiger partial charge in [0.25, 0.3) is 0 Å². The molecule has 2 rings (SSSR count). The molecule has 116 valence electrons. The predicted octanol–water partition coefficient (Wildman–Crippen LogP) is 3.47. The van der Waals surface area contributed by atoms with Crippen LogP contribution in [0.5, 0.6) is 5.75 Å². The van der Waals surface area contributed by atoms with Crippen molar-refractivity contribution in [3.05, 3.63) is 41.5 Å². The predicted molar refractivity (Wildman–Crippen MR) is 88.6 cm³/mol. The first-order valence-corrected chi connectivity index (χ1v) is 7.95. The number of allylic oxidation sites excluding steroid dienone is 1. The number of hydrogen-bond donors (Lipinski definition) is 2. The van der Waals surface area contributed by atoms with Crippen LogP contribution in [0.3, 0.4) is 0 Å². The van der Waals surface area contributed by atoms with E-state index in [4.69, 9.17) is 0 Å². The summed E-state index contributed by atoms with van der Waals surface area (Å²) >= 11 is 0. The normalized spacial score (nSPS) is 18.4. The molecule has 1 fully saturated rings. The molecule has 1 aromatic rings. The number of rotatable bonds is 5. The Morgan fingerprint density at radius 1 is 1.38 bits per heavy atom. The lowest BCUT2D eigenvalue weighted by molar-refractivity contribution is 0.208.